The number of hydrogen-bond acceptors (Lipinski definition) is 5. The van der Waals surface area contributed by atoms with E-state index in [1.165, 1.54) is 22.5 Å². The van der Waals surface area contributed by atoms with Gasteiger partial charge in [0.15, 0.2) is 0 Å². The maximum absolute atomic E-state index is 13.4. The van der Waals surface area contributed by atoms with Crippen molar-refractivity contribution in [1.82, 2.24) is 9.21 Å². The Kier molecular flexibility index (Phi) is 7.84. The third-order valence-corrected chi connectivity index (χ3v) is 7.26. The van der Waals surface area contributed by atoms with Crippen LogP contribution in [0.15, 0.2) is 53.4 Å². The Morgan fingerprint density at radius 2 is 1.80 bits per heavy atom. The normalized spacial score (nSPS) is 18.3. The monoisotopic (exact) mass is 456 g/mol. The van der Waals surface area contributed by atoms with Gasteiger partial charge in [-0.15, -0.1) is 0 Å². The number of nitrogens with zero attached hydrogens (tertiary/aromatic N) is 2. The maximum atomic E-state index is 13.4. The van der Waals surface area contributed by atoms with E-state index in [-0.39, 0.29) is 30.7 Å². The Labute approximate surface area is 181 Å². The predicted octanol–water partition coefficient (Wildman–Crippen LogP) is 2.92. The van der Waals surface area contributed by atoms with E-state index < -0.39 is 21.9 Å². The second-order valence-corrected chi connectivity index (χ2v) is 9.72. The highest BCUT2D eigenvalue weighted by Gasteiger charge is 2.29. The molecule has 2 aromatic rings. The second-order valence-electron chi connectivity index (χ2n) is 7.34. The number of sulfonamides is 1. The van der Waals surface area contributed by atoms with E-state index in [0.29, 0.717) is 24.7 Å². The number of rotatable bonds is 8. The highest BCUT2D eigenvalue weighted by molar-refractivity contribution is 7.89. The van der Waals surface area contributed by atoms with Gasteiger partial charge in [0, 0.05) is 37.7 Å². The van der Waals surface area contributed by atoms with Crippen molar-refractivity contribution in [3.63, 3.8) is 0 Å². The van der Waals surface area contributed by atoms with Crippen LogP contribution < -0.4 is 0 Å². The van der Waals surface area contributed by atoms with E-state index in [9.17, 15) is 17.9 Å². The van der Waals surface area contributed by atoms with E-state index in [4.69, 9.17) is 16.3 Å². The van der Waals surface area contributed by atoms with Crippen LogP contribution in [0.25, 0.3) is 0 Å². The average molecular weight is 457 g/mol. The van der Waals surface area contributed by atoms with Crippen LogP contribution in [-0.2, 0) is 14.8 Å². The van der Waals surface area contributed by atoms with E-state index >= 15 is 0 Å². The summed E-state index contributed by atoms with van der Waals surface area (Å²) in [7, 11) is -3.72. The number of aliphatic hydroxyl groups excluding tert-OH is 1. The molecule has 0 aliphatic carbocycles. The first-order chi connectivity index (χ1) is 14.3. The standard InChI is InChI=1S/C21H26ClFN2O4S/c1-16(17-5-7-18(22)8-6-17)29-15-20(26)14-24-9-11-25(12-10-24)30(27,28)21-4-2-3-19(23)13-21/h2-8,13,16,20,26H,9-12,14-15H2,1H3/t16-,20-/m1/s1. The topological polar surface area (TPSA) is 70.1 Å². The van der Waals surface area contributed by atoms with Crippen molar-refractivity contribution in [3.05, 3.63) is 64.9 Å². The van der Waals surface area contributed by atoms with Gasteiger partial charge in [-0.25, -0.2) is 12.8 Å². The van der Waals surface area contributed by atoms with Gasteiger partial charge in [-0.2, -0.15) is 4.31 Å². The van der Waals surface area contributed by atoms with Gasteiger partial charge in [0.2, 0.25) is 10.0 Å². The fourth-order valence-electron chi connectivity index (χ4n) is 3.37. The molecule has 0 bridgehead atoms. The molecule has 0 saturated carbocycles. The van der Waals surface area contributed by atoms with Gasteiger partial charge in [-0.05, 0) is 42.8 Å². The van der Waals surface area contributed by atoms with E-state index in [1.54, 1.807) is 12.1 Å². The third kappa shape index (κ3) is 6.00. The minimum Gasteiger partial charge on any atom is -0.389 e. The minimum atomic E-state index is -3.72. The minimum absolute atomic E-state index is 0.0411. The molecule has 3 rings (SSSR count). The zero-order valence-electron chi connectivity index (χ0n) is 16.7. The summed E-state index contributed by atoms with van der Waals surface area (Å²) >= 11 is 5.89. The van der Waals surface area contributed by atoms with Gasteiger partial charge in [0.25, 0.3) is 0 Å². The summed E-state index contributed by atoms with van der Waals surface area (Å²) in [5, 5.41) is 11.0. The molecule has 0 unspecified atom stereocenters. The van der Waals surface area contributed by atoms with Crippen LogP contribution in [0.2, 0.25) is 5.02 Å². The highest BCUT2D eigenvalue weighted by atomic mass is 35.5. The van der Waals surface area contributed by atoms with Gasteiger partial charge >= 0.3 is 0 Å². The van der Waals surface area contributed by atoms with Crippen molar-refractivity contribution < 1.29 is 22.7 Å². The number of aliphatic hydroxyl groups is 1. The first kappa shape index (κ1) is 23.1. The number of benzene rings is 2. The molecule has 9 heteroatoms. The van der Waals surface area contributed by atoms with Crippen LogP contribution in [0.3, 0.4) is 0 Å². The average Bonchev–Trinajstić information content (AvgIpc) is 2.73. The SMILES string of the molecule is C[C@@H](OC[C@H](O)CN1CCN(S(=O)(=O)c2cccc(F)c2)CC1)c1ccc(Cl)cc1. The molecule has 6 nitrogen and oxygen atoms in total. The smallest absolute Gasteiger partial charge is 0.243 e. The summed E-state index contributed by atoms with van der Waals surface area (Å²) in [5.74, 6) is -0.578. The molecular formula is C21H26ClFN2O4S. The van der Waals surface area contributed by atoms with Crippen LogP contribution in [0.4, 0.5) is 4.39 Å². The first-order valence-electron chi connectivity index (χ1n) is 9.79. The Morgan fingerprint density at radius 1 is 1.13 bits per heavy atom. The molecule has 2 aromatic carbocycles. The summed E-state index contributed by atoms with van der Waals surface area (Å²) in [5.41, 5.74) is 0.975. The van der Waals surface area contributed by atoms with E-state index in [2.05, 4.69) is 0 Å². The van der Waals surface area contributed by atoms with Crippen molar-refractivity contribution in [2.24, 2.45) is 0 Å². The molecule has 0 amide bonds. The molecule has 0 aromatic heterocycles. The number of piperazine rings is 1. The Morgan fingerprint density at radius 3 is 2.43 bits per heavy atom. The Bertz CT molecular complexity index is 934. The van der Waals surface area contributed by atoms with Crippen LogP contribution in [-0.4, -0.2) is 68.2 Å². The Hall–Kier alpha value is -1.55. The number of hydrogen-bond donors (Lipinski definition) is 1. The van der Waals surface area contributed by atoms with Crippen molar-refractivity contribution in [2.75, 3.05) is 39.3 Å². The molecule has 164 valence electrons. The summed E-state index contributed by atoms with van der Waals surface area (Å²) in [6.45, 7) is 4.01. The quantitative estimate of drug-likeness (QED) is 0.661. The highest BCUT2D eigenvalue weighted by Crippen LogP contribution is 2.20. The molecule has 0 radical (unpaired) electrons. The lowest BCUT2D eigenvalue weighted by atomic mass is 10.1. The predicted molar refractivity (Wildman–Crippen MR) is 113 cm³/mol. The lowest BCUT2D eigenvalue weighted by Gasteiger charge is -2.35. The van der Waals surface area contributed by atoms with Gasteiger partial charge in [0.05, 0.1) is 23.7 Å². The van der Waals surface area contributed by atoms with Crippen molar-refractivity contribution in [1.29, 1.82) is 0 Å². The van der Waals surface area contributed by atoms with Crippen molar-refractivity contribution >= 4 is 21.6 Å². The number of ether oxygens (including phenoxy) is 1. The fourth-order valence-corrected chi connectivity index (χ4v) is 4.95. The summed E-state index contributed by atoms with van der Waals surface area (Å²) < 4.78 is 45.8. The summed E-state index contributed by atoms with van der Waals surface area (Å²) in [4.78, 5) is 1.96. The fraction of sp³-hybridized carbons (Fsp3) is 0.429. The van der Waals surface area contributed by atoms with Crippen LogP contribution in [0, 0.1) is 5.82 Å². The molecule has 1 aliphatic heterocycles. The molecule has 2 atom stereocenters. The largest absolute Gasteiger partial charge is 0.389 e. The first-order valence-corrected chi connectivity index (χ1v) is 11.6. The third-order valence-electron chi connectivity index (χ3n) is 5.11. The van der Waals surface area contributed by atoms with Gasteiger partial charge in [0.1, 0.15) is 5.82 Å². The maximum Gasteiger partial charge on any atom is 0.243 e. The van der Waals surface area contributed by atoms with E-state index in [1.807, 2.05) is 24.0 Å². The molecule has 1 fully saturated rings. The number of halogens is 2. The zero-order valence-corrected chi connectivity index (χ0v) is 18.3. The molecule has 1 aliphatic rings. The Balaban J connectivity index is 1.45. The molecule has 1 heterocycles. The lowest BCUT2D eigenvalue weighted by molar-refractivity contribution is -0.0186. The van der Waals surface area contributed by atoms with Crippen LogP contribution in [0.5, 0.6) is 0 Å². The molecule has 1 saturated heterocycles. The van der Waals surface area contributed by atoms with Gasteiger partial charge < -0.3 is 9.84 Å². The van der Waals surface area contributed by atoms with Gasteiger partial charge in [-0.1, -0.05) is 29.8 Å². The van der Waals surface area contributed by atoms with Crippen molar-refractivity contribution in [3.8, 4) is 0 Å². The second kappa shape index (κ2) is 10.2. The van der Waals surface area contributed by atoms with E-state index in [0.717, 1.165) is 11.6 Å². The summed E-state index contributed by atoms with van der Waals surface area (Å²) in [6.07, 6.45) is -0.865. The molecule has 30 heavy (non-hydrogen) atoms. The van der Waals surface area contributed by atoms with Crippen molar-refractivity contribution in [2.45, 2.75) is 24.0 Å². The van der Waals surface area contributed by atoms with Crippen LogP contribution in [0.1, 0.15) is 18.6 Å². The molecule has 0 spiro atoms. The molecule has 1 N–H and O–H groups in total. The zero-order chi connectivity index (χ0) is 21.7. The van der Waals surface area contributed by atoms with Gasteiger partial charge in [-0.3, -0.25) is 4.90 Å². The number of β-amino-alcohol motifs (C(OH)–C–C–N with tert-alkyl or cyclic N) is 1. The van der Waals surface area contributed by atoms with Crippen LogP contribution >= 0.6 is 11.6 Å². The lowest BCUT2D eigenvalue weighted by Crippen LogP contribution is -2.50. The summed E-state index contributed by atoms with van der Waals surface area (Å²) in [6, 6.07) is 12.4. The molecular weight excluding hydrogens is 431 g/mol.